The molecule has 0 aliphatic heterocycles. The summed E-state index contributed by atoms with van der Waals surface area (Å²) in [5.74, 6) is -0.225. The number of carbonyl (C=O) groups excluding carboxylic acids is 1. The Morgan fingerprint density at radius 2 is 1.92 bits per heavy atom. The van der Waals surface area contributed by atoms with Gasteiger partial charge in [0.2, 0.25) is 5.91 Å². The number of aromatic nitrogens is 2. The number of benzene rings is 1. The van der Waals surface area contributed by atoms with Crippen LogP contribution in [0.4, 0.5) is 0 Å². The molecule has 0 saturated carbocycles. The fraction of sp³-hybridized carbons (Fsp3) is 0.312. The van der Waals surface area contributed by atoms with Gasteiger partial charge < -0.3 is 10.6 Å². The van der Waals surface area contributed by atoms with Crippen molar-refractivity contribution >= 4 is 21.8 Å². The van der Waals surface area contributed by atoms with Gasteiger partial charge in [0.25, 0.3) is 5.56 Å². The molecule has 1 aromatic heterocycles. The van der Waals surface area contributed by atoms with E-state index in [2.05, 4.69) is 20.9 Å². The lowest BCUT2D eigenvalue weighted by Crippen LogP contribution is -2.41. The van der Waals surface area contributed by atoms with Crippen LogP contribution in [0, 0.1) is 0 Å². The van der Waals surface area contributed by atoms with Gasteiger partial charge in [-0.1, -0.05) is 30.3 Å². The Morgan fingerprint density at radius 1 is 1.21 bits per heavy atom. The number of nitrogens with zero attached hydrogens (tertiary/aromatic N) is 2. The van der Waals surface area contributed by atoms with Crippen molar-refractivity contribution in [3.63, 3.8) is 0 Å². The van der Waals surface area contributed by atoms with Crippen LogP contribution in [0.5, 0.6) is 0 Å². The molecule has 2 rings (SSSR count). The summed E-state index contributed by atoms with van der Waals surface area (Å²) in [6, 6.07) is 9.82. The first-order valence-electron chi connectivity index (χ1n) is 7.52. The van der Waals surface area contributed by atoms with Gasteiger partial charge in [0.15, 0.2) is 0 Å². The van der Waals surface area contributed by atoms with Crippen LogP contribution >= 0.6 is 15.9 Å². The molecule has 0 aliphatic rings. The first kappa shape index (κ1) is 18.2. The van der Waals surface area contributed by atoms with Crippen LogP contribution < -0.4 is 17.0 Å². The highest BCUT2D eigenvalue weighted by atomic mass is 79.9. The number of hydrogen-bond acceptors (Lipinski definition) is 4. The van der Waals surface area contributed by atoms with Crippen LogP contribution in [0.25, 0.3) is 0 Å². The molecule has 7 nitrogen and oxygen atoms in total. The molecule has 0 atom stereocenters. The fourth-order valence-electron chi connectivity index (χ4n) is 2.27. The number of nitrogens with one attached hydrogen (secondary N) is 1. The molecule has 8 heteroatoms. The zero-order chi connectivity index (χ0) is 17.5. The van der Waals surface area contributed by atoms with Crippen molar-refractivity contribution in [1.29, 1.82) is 0 Å². The summed E-state index contributed by atoms with van der Waals surface area (Å²) in [7, 11) is 0. The standard InChI is InChI=1S/C16H19BrN4O3/c17-13-10-21(16(24)19-15(13)23)11-14(22)20(9-7-18)8-6-12-4-2-1-3-5-12/h1-5,10H,6-9,11,18H2,(H,19,23,24). The molecule has 2 aromatic rings. The highest BCUT2D eigenvalue weighted by Gasteiger charge is 2.15. The zero-order valence-electron chi connectivity index (χ0n) is 13.1. The molecule has 0 bridgehead atoms. The smallest absolute Gasteiger partial charge is 0.328 e. The van der Waals surface area contributed by atoms with Crippen molar-refractivity contribution < 1.29 is 4.79 Å². The number of H-pyrrole nitrogens is 1. The predicted molar refractivity (Wildman–Crippen MR) is 94.8 cm³/mol. The second kappa shape index (κ2) is 8.60. The van der Waals surface area contributed by atoms with E-state index in [0.717, 1.165) is 5.56 Å². The molecule has 1 aromatic carbocycles. The summed E-state index contributed by atoms with van der Waals surface area (Å²) < 4.78 is 1.37. The van der Waals surface area contributed by atoms with E-state index >= 15 is 0 Å². The molecule has 0 radical (unpaired) electrons. The Bertz CT molecular complexity index is 801. The summed E-state index contributed by atoms with van der Waals surface area (Å²) >= 11 is 3.05. The quantitative estimate of drug-likeness (QED) is 0.706. The van der Waals surface area contributed by atoms with Crippen molar-refractivity contribution in [2.45, 2.75) is 13.0 Å². The number of amides is 1. The Morgan fingerprint density at radius 3 is 2.58 bits per heavy atom. The van der Waals surface area contributed by atoms with Crippen molar-refractivity contribution in [1.82, 2.24) is 14.5 Å². The minimum atomic E-state index is -0.618. The van der Waals surface area contributed by atoms with Crippen LogP contribution in [0.1, 0.15) is 5.56 Å². The van der Waals surface area contributed by atoms with Gasteiger partial charge in [-0.15, -0.1) is 0 Å². The predicted octanol–water partition coefficient (Wildman–Crippen LogP) is 0.329. The molecule has 3 N–H and O–H groups in total. The van der Waals surface area contributed by atoms with Gasteiger partial charge in [-0.2, -0.15) is 0 Å². The van der Waals surface area contributed by atoms with Crippen LogP contribution in [-0.4, -0.2) is 40.0 Å². The van der Waals surface area contributed by atoms with Crippen molar-refractivity contribution in [3.05, 3.63) is 67.4 Å². The summed E-state index contributed by atoms with van der Waals surface area (Å²) in [5, 5.41) is 0. The Balaban J connectivity index is 2.07. The molecular weight excluding hydrogens is 376 g/mol. The molecule has 1 heterocycles. The summed E-state index contributed by atoms with van der Waals surface area (Å²) in [6.07, 6.45) is 2.02. The van der Waals surface area contributed by atoms with Gasteiger partial charge in [0, 0.05) is 25.8 Å². The molecule has 0 spiro atoms. The SMILES string of the molecule is NCCN(CCc1ccccc1)C(=O)Cn1cc(Br)c(=O)[nH]c1=O. The third-order valence-electron chi connectivity index (χ3n) is 3.54. The van der Waals surface area contributed by atoms with Gasteiger partial charge in [-0.05, 0) is 27.9 Å². The topological polar surface area (TPSA) is 101 Å². The third kappa shape index (κ3) is 4.90. The lowest BCUT2D eigenvalue weighted by molar-refractivity contribution is -0.131. The summed E-state index contributed by atoms with van der Waals surface area (Å²) in [6.45, 7) is 1.11. The molecular formula is C16H19BrN4O3. The van der Waals surface area contributed by atoms with Crippen LogP contribution in [0.2, 0.25) is 0 Å². The first-order valence-corrected chi connectivity index (χ1v) is 8.31. The lowest BCUT2D eigenvalue weighted by Gasteiger charge is -2.22. The van der Waals surface area contributed by atoms with Crippen LogP contribution in [-0.2, 0) is 17.8 Å². The Kier molecular flexibility index (Phi) is 6.51. The number of carbonyl (C=O) groups is 1. The molecule has 0 saturated heterocycles. The molecule has 24 heavy (non-hydrogen) atoms. The number of hydrogen-bond donors (Lipinski definition) is 2. The number of nitrogens with two attached hydrogens (primary N) is 1. The minimum absolute atomic E-state index is 0.150. The first-order chi connectivity index (χ1) is 11.5. The monoisotopic (exact) mass is 394 g/mol. The van der Waals surface area contributed by atoms with Gasteiger partial charge in [-0.3, -0.25) is 19.1 Å². The van der Waals surface area contributed by atoms with E-state index < -0.39 is 11.2 Å². The van der Waals surface area contributed by atoms with Gasteiger partial charge in [0.05, 0.1) is 4.47 Å². The van der Waals surface area contributed by atoms with Gasteiger partial charge >= 0.3 is 5.69 Å². The number of halogens is 1. The Hall–Kier alpha value is -2.19. The second-order valence-corrected chi connectivity index (χ2v) is 6.12. The normalized spacial score (nSPS) is 10.6. The van der Waals surface area contributed by atoms with E-state index in [9.17, 15) is 14.4 Å². The van der Waals surface area contributed by atoms with Crippen molar-refractivity contribution in [3.8, 4) is 0 Å². The maximum Gasteiger partial charge on any atom is 0.328 e. The fourth-order valence-corrected chi connectivity index (χ4v) is 2.62. The van der Waals surface area contributed by atoms with E-state index in [4.69, 9.17) is 5.73 Å². The highest BCUT2D eigenvalue weighted by Crippen LogP contribution is 2.03. The number of rotatable bonds is 7. The van der Waals surface area contributed by atoms with Gasteiger partial charge in [0.1, 0.15) is 6.54 Å². The Labute approximate surface area is 147 Å². The molecule has 0 aliphatic carbocycles. The molecule has 0 unspecified atom stereocenters. The van der Waals surface area contributed by atoms with E-state index in [1.54, 1.807) is 4.90 Å². The van der Waals surface area contributed by atoms with Crippen LogP contribution in [0.3, 0.4) is 0 Å². The largest absolute Gasteiger partial charge is 0.340 e. The average molecular weight is 395 g/mol. The number of aromatic amines is 1. The summed E-state index contributed by atoms with van der Waals surface area (Å²) in [4.78, 5) is 39.4. The van der Waals surface area contributed by atoms with E-state index in [0.29, 0.717) is 26.1 Å². The average Bonchev–Trinajstić information content (AvgIpc) is 2.57. The molecule has 1 amide bonds. The van der Waals surface area contributed by atoms with Crippen molar-refractivity contribution in [2.24, 2.45) is 5.73 Å². The van der Waals surface area contributed by atoms with E-state index in [1.807, 2.05) is 30.3 Å². The third-order valence-corrected chi connectivity index (χ3v) is 4.10. The van der Waals surface area contributed by atoms with Crippen molar-refractivity contribution in [2.75, 3.05) is 19.6 Å². The molecule has 0 fully saturated rings. The molecule has 128 valence electrons. The van der Waals surface area contributed by atoms with E-state index in [1.165, 1.54) is 10.8 Å². The van der Waals surface area contributed by atoms with Gasteiger partial charge in [-0.25, -0.2) is 4.79 Å². The second-order valence-electron chi connectivity index (χ2n) is 5.27. The van der Waals surface area contributed by atoms with Crippen LogP contribution in [0.15, 0.2) is 50.6 Å². The maximum atomic E-state index is 12.5. The maximum absolute atomic E-state index is 12.5. The zero-order valence-corrected chi connectivity index (χ0v) is 14.7. The lowest BCUT2D eigenvalue weighted by atomic mass is 10.1. The minimum Gasteiger partial charge on any atom is -0.340 e. The summed E-state index contributed by atoms with van der Waals surface area (Å²) in [5.41, 5.74) is 5.57. The van der Waals surface area contributed by atoms with E-state index in [-0.39, 0.29) is 16.9 Å². The highest BCUT2D eigenvalue weighted by molar-refractivity contribution is 9.10.